The smallest absolute Gasteiger partial charge is 0.273 e. The van der Waals surface area contributed by atoms with Crippen molar-refractivity contribution in [3.05, 3.63) is 70.8 Å². The van der Waals surface area contributed by atoms with Crippen LogP contribution in [0, 0.1) is 13.8 Å². The molecule has 0 fully saturated rings. The third kappa shape index (κ3) is 4.27. The molecule has 1 amide bonds. The Labute approximate surface area is 137 Å². The molecule has 0 heterocycles. The number of amides is 1. The highest BCUT2D eigenvalue weighted by molar-refractivity contribution is 6.00. The molecule has 0 spiro atoms. The Kier molecular flexibility index (Phi) is 5.66. The van der Waals surface area contributed by atoms with Gasteiger partial charge >= 0.3 is 0 Å². The molecular formula is C19H22N2O2. The molecule has 4 nitrogen and oxygen atoms in total. The van der Waals surface area contributed by atoms with Gasteiger partial charge in [0, 0.05) is 12.7 Å². The molecule has 0 bridgehead atoms. The summed E-state index contributed by atoms with van der Waals surface area (Å²) in [6.45, 7) is 5.94. The van der Waals surface area contributed by atoms with Gasteiger partial charge in [-0.05, 0) is 38.0 Å². The van der Waals surface area contributed by atoms with E-state index in [0.29, 0.717) is 0 Å². The SMILES string of the molecule is CO[C@H](C(=O)N/N=C(/C)c1cc(C)ccc1C)c1ccccc1. The van der Waals surface area contributed by atoms with Crippen LogP contribution in [-0.2, 0) is 9.53 Å². The molecule has 0 aromatic heterocycles. The Morgan fingerprint density at radius 3 is 2.48 bits per heavy atom. The van der Waals surface area contributed by atoms with E-state index in [1.165, 1.54) is 7.11 Å². The van der Waals surface area contributed by atoms with Crippen molar-refractivity contribution in [3.8, 4) is 0 Å². The van der Waals surface area contributed by atoms with Gasteiger partial charge in [-0.3, -0.25) is 4.79 Å². The number of methoxy groups -OCH3 is 1. The first kappa shape index (κ1) is 16.9. The van der Waals surface area contributed by atoms with Gasteiger partial charge in [0.2, 0.25) is 0 Å². The fourth-order valence-electron chi connectivity index (χ4n) is 2.41. The number of hydrogen-bond donors (Lipinski definition) is 1. The lowest BCUT2D eigenvalue weighted by Crippen LogP contribution is -2.27. The lowest BCUT2D eigenvalue weighted by atomic mass is 10.0. The highest BCUT2D eigenvalue weighted by Crippen LogP contribution is 2.16. The van der Waals surface area contributed by atoms with Crippen molar-refractivity contribution >= 4 is 11.6 Å². The van der Waals surface area contributed by atoms with Gasteiger partial charge in [-0.1, -0.05) is 48.0 Å². The minimum atomic E-state index is -0.675. The molecule has 1 N–H and O–H groups in total. The first-order valence-corrected chi connectivity index (χ1v) is 7.52. The van der Waals surface area contributed by atoms with E-state index in [4.69, 9.17) is 4.74 Å². The zero-order chi connectivity index (χ0) is 16.8. The number of hydrazone groups is 1. The van der Waals surface area contributed by atoms with Gasteiger partial charge in [0.25, 0.3) is 5.91 Å². The van der Waals surface area contributed by atoms with Crippen LogP contribution in [0.4, 0.5) is 0 Å². The maximum atomic E-state index is 12.3. The maximum Gasteiger partial charge on any atom is 0.273 e. The van der Waals surface area contributed by atoms with Crippen molar-refractivity contribution in [2.75, 3.05) is 7.11 Å². The Morgan fingerprint density at radius 2 is 1.83 bits per heavy atom. The van der Waals surface area contributed by atoms with Gasteiger partial charge in [0.15, 0.2) is 6.10 Å². The van der Waals surface area contributed by atoms with E-state index < -0.39 is 6.10 Å². The molecule has 120 valence electrons. The lowest BCUT2D eigenvalue weighted by molar-refractivity contribution is -0.131. The maximum absolute atomic E-state index is 12.3. The van der Waals surface area contributed by atoms with Gasteiger partial charge in [-0.2, -0.15) is 5.10 Å². The molecule has 0 aliphatic carbocycles. The first-order valence-electron chi connectivity index (χ1n) is 7.52. The highest BCUT2D eigenvalue weighted by atomic mass is 16.5. The number of benzene rings is 2. The number of hydrogen-bond acceptors (Lipinski definition) is 3. The number of aryl methyl sites for hydroxylation is 2. The summed E-state index contributed by atoms with van der Waals surface area (Å²) in [5.41, 5.74) is 7.47. The summed E-state index contributed by atoms with van der Waals surface area (Å²) in [6, 6.07) is 15.5. The van der Waals surface area contributed by atoms with Crippen molar-refractivity contribution in [2.45, 2.75) is 26.9 Å². The molecule has 4 heteroatoms. The second-order valence-electron chi connectivity index (χ2n) is 5.52. The Balaban J connectivity index is 2.14. The van der Waals surface area contributed by atoms with Gasteiger partial charge < -0.3 is 4.74 Å². The number of rotatable bonds is 5. The average molecular weight is 310 g/mol. The van der Waals surface area contributed by atoms with Crippen molar-refractivity contribution in [1.82, 2.24) is 5.43 Å². The molecule has 0 saturated heterocycles. The summed E-state index contributed by atoms with van der Waals surface area (Å²) in [4.78, 5) is 12.3. The number of nitrogens with zero attached hydrogens (tertiary/aromatic N) is 1. The van der Waals surface area contributed by atoms with Crippen LogP contribution < -0.4 is 5.43 Å². The lowest BCUT2D eigenvalue weighted by Gasteiger charge is -2.14. The van der Waals surface area contributed by atoms with E-state index in [-0.39, 0.29) is 5.91 Å². The standard InChI is InChI=1S/C19H22N2O2/c1-13-10-11-14(2)17(12-13)15(3)20-21-19(22)18(23-4)16-8-6-5-7-9-16/h5-12,18H,1-4H3,(H,21,22)/b20-15-/t18-/m0/s1. The van der Waals surface area contributed by atoms with Crippen molar-refractivity contribution in [1.29, 1.82) is 0 Å². The number of ether oxygens (including phenoxy) is 1. The van der Waals surface area contributed by atoms with E-state index in [1.807, 2.05) is 57.2 Å². The van der Waals surface area contributed by atoms with E-state index in [0.717, 1.165) is 28.0 Å². The zero-order valence-electron chi connectivity index (χ0n) is 14.0. The third-order valence-electron chi connectivity index (χ3n) is 3.69. The van der Waals surface area contributed by atoms with Gasteiger partial charge in [0.05, 0.1) is 5.71 Å². The Morgan fingerprint density at radius 1 is 1.13 bits per heavy atom. The molecule has 0 unspecified atom stereocenters. The Bertz CT molecular complexity index is 709. The largest absolute Gasteiger partial charge is 0.367 e. The molecule has 0 radical (unpaired) electrons. The normalized spacial score (nSPS) is 12.8. The van der Waals surface area contributed by atoms with Crippen LogP contribution in [-0.4, -0.2) is 18.7 Å². The number of carbonyl (C=O) groups is 1. The number of nitrogens with one attached hydrogen (secondary N) is 1. The molecule has 2 aromatic carbocycles. The second-order valence-corrected chi connectivity index (χ2v) is 5.52. The quantitative estimate of drug-likeness (QED) is 0.678. The minimum Gasteiger partial charge on any atom is -0.367 e. The fourth-order valence-corrected chi connectivity index (χ4v) is 2.41. The predicted molar refractivity (Wildman–Crippen MR) is 92.5 cm³/mol. The van der Waals surface area contributed by atoms with Crippen LogP contribution in [0.5, 0.6) is 0 Å². The van der Waals surface area contributed by atoms with E-state index in [9.17, 15) is 4.79 Å². The van der Waals surface area contributed by atoms with E-state index in [1.54, 1.807) is 0 Å². The summed E-state index contributed by atoms with van der Waals surface area (Å²) in [5, 5.41) is 4.23. The van der Waals surface area contributed by atoms with Crippen LogP contribution in [0.15, 0.2) is 53.6 Å². The zero-order valence-corrected chi connectivity index (χ0v) is 14.0. The molecule has 2 rings (SSSR count). The summed E-state index contributed by atoms with van der Waals surface area (Å²) in [6.07, 6.45) is -0.675. The monoisotopic (exact) mass is 310 g/mol. The molecular weight excluding hydrogens is 288 g/mol. The van der Waals surface area contributed by atoms with Crippen molar-refractivity contribution in [3.63, 3.8) is 0 Å². The Hall–Kier alpha value is -2.46. The molecule has 1 atom stereocenters. The fraction of sp³-hybridized carbons (Fsp3) is 0.263. The van der Waals surface area contributed by atoms with Gasteiger partial charge in [-0.25, -0.2) is 5.43 Å². The topological polar surface area (TPSA) is 50.7 Å². The van der Waals surface area contributed by atoms with Crippen LogP contribution >= 0.6 is 0 Å². The third-order valence-corrected chi connectivity index (χ3v) is 3.69. The second kappa shape index (κ2) is 7.70. The van der Waals surface area contributed by atoms with Crippen molar-refractivity contribution < 1.29 is 9.53 Å². The molecule has 0 saturated carbocycles. The van der Waals surface area contributed by atoms with Crippen molar-refractivity contribution in [2.24, 2.45) is 5.10 Å². The average Bonchev–Trinajstić information content (AvgIpc) is 2.56. The van der Waals surface area contributed by atoms with Crippen LogP contribution in [0.25, 0.3) is 0 Å². The predicted octanol–water partition coefficient (Wildman–Crippen LogP) is 3.53. The molecule has 2 aromatic rings. The van der Waals surface area contributed by atoms with Gasteiger partial charge in [0.1, 0.15) is 0 Å². The van der Waals surface area contributed by atoms with Crippen LogP contribution in [0.2, 0.25) is 0 Å². The summed E-state index contributed by atoms with van der Waals surface area (Å²) in [7, 11) is 1.51. The summed E-state index contributed by atoms with van der Waals surface area (Å²) in [5.74, 6) is -0.289. The summed E-state index contributed by atoms with van der Waals surface area (Å²) < 4.78 is 5.30. The van der Waals surface area contributed by atoms with E-state index >= 15 is 0 Å². The van der Waals surface area contributed by atoms with E-state index in [2.05, 4.69) is 22.7 Å². The minimum absolute atomic E-state index is 0.289. The molecule has 0 aliphatic heterocycles. The highest BCUT2D eigenvalue weighted by Gasteiger charge is 2.19. The van der Waals surface area contributed by atoms with Crippen LogP contribution in [0.1, 0.15) is 35.3 Å². The summed E-state index contributed by atoms with van der Waals surface area (Å²) >= 11 is 0. The van der Waals surface area contributed by atoms with Gasteiger partial charge in [-0.15, -0.1) is 0 Å². The number of carbonyl (C=O) groups excluding carboxylic acids is 1. The molecule has 23 heavy (non-hydrogen) atoms. The first-order chi connectivity index (χ1) is 11.0. The van der Waals surface area contributed by atoms with Crippen LogP contribution in [0.3, 0.4) is 0 Å². The molecule has 0 aliphatic rings.